The van der Waals surface area contributed by atoms with E-state index in [1.165, 1.54) is 16.7 Å². The van der Waals surface area contributed by atoms with Gasteiger partial charge in [0.05, 0.1) is 6.42 Å². The van der Waals surface area contributed by atoms with Crippen molar-refractivity contribution in [2.45, 2.75) is 40.7 Å². The van der Waals surface area contributed by atoms with Gasteiger partial charge in [-0.1, -0.05) is 32.0 Å². The summed E-state index contributed by atoms with van der Waals surface area (Å²) in [5, 5.41) is 12.1. The van der Waals surface area contributed by atoms with Crippen LogP contribution in [-0.4, -0.2) is 17.6 Å². The molecule has 0 aromatic heterocycles. The van der Waals surface area contributed by atoms with E-state index in [1.54, 1.807) is 0 Å². The number of aryl methyl sites for hydroxylation is 2. The SMILES string of the molecule is Cc1ccc(CNCC(C)(C)CC(=O)O)cc1C. The standard InChI is InChI=1S/C15H23NO2/c1-11-5-6-13(7-12(11)2)9-16-10-15(3,4)8-14(17)18/h5-7,16H,8-10H2,1-4H3,(H,17,18). The van der Waals surface area contributed by atoms with E-state index in [9.17, 15) is 4.79 Å². The molecule has 0 radical (unpaired) electrons. The predicted octanol–water partition coefficient (Wildman–Crippen LogP) is 2.89. The van der Waals surface area contributed by atoms with Crippen molar-refractivity contribution in [3.63, 3.8) is 0 Å². The van der Waals surface area contributed by atoms with E-state index in [-0.39, 0.29) is 11.8 Å². The minimum absolute atomic E-state index is 0.187. The van der Waals surface area contributed by atoms with Gasteiger partial charge >= 0.3 is 5.97 Å². The van der Waals surface area contributed by atoms with Crippen molar-refractivity contribution in [1.29, 1.82) is 0 Å². The van der Waals surface area contributed by atoms with E-state index in [0.29, 0.717) is 6.54 Å². The smallest absolute Gasteiger partial charge is 0.303 e. The molecule has 0 aliphatic carbocycles. The zero-order valence-corrected chi connectivity index (χ0v) is 11.7. The van der Waals surface area contributed by atoms with Gasteiger partial charge in [0.2, 0.25) is 0 Å². The molecule has 0 saturated heterocycles. The molecule has 0 aliphatic heterocycles. The second kappa shape index (κ2) is 6.01. The summed E-state index contributed by atoms with van der Waals surface area (Å²) >= 11 is 0. The lowest BCUT2D eigenvalue weighted by molar-refractivity contribution is -0.139. The molecule has 0 bridgehead atoms. The summed E-state index contributed by atoms with van der Waals surface area (Å²) in [6.45, 7) is 9.62. The van der Waals surface area contributed by atoms with Crippen LogP contribution in [0.4, 0.5) is 0 Å². The summed E-state index contributed by atoms with van der Waals surface area (Å²) in [4.78, 5) is 10.7. The largest absolute Gasteiger partial charge is 0.481 e. The molecule has 0 spiro atoms. The van der Waals surface area contributed by atoms with Crippen LogP contribution in [0.3, 0.4) is 0 Å². The first-order valence-electron chi connectivity index (χ1n) is 6.29. The van der Waals surface area contributed by atoms with E-state index >= 15 is 0 Å². The minimum atomic E-state index is -0.743. The number of benzene rings is 1. The van der Waals surface area contributed by atoms with Gasteiger partial charge in [-0.2, -0.15) is 0 Å². The van der Waals surface area contributed by atoms with Gasteiger partial charge in [-0.25, -0.2) is 0 Å². The Morgan fingerprint density at radius 3 is 2.50 bits per heavy atom. The lowest BCUT2D eigenvalue weighted by Crippen LogP contribution is -2.31. The molecule has 0 fully saturated rings. The minimum Gasteiger partial charge on any atom is -0.481 e. The van der Waals surface area contributed by atoms with E-state index in [1.807, 2.05) is 13.8 Å². The molecule has 0 amide bonds. The topological polar surface area (TPSA) is 49.3 Å². The lowest BCUT2D eigenvalue weighted by atomic mass is 9.89. The molecule has 0 heterocycles. The van der Waals surface area contributed by atoms with Crippen molar-refractivity contribution < 1.29 is 9.90 Å². The van der Waals surface area contributed by atoms with E-state index in [0.717, 1.165) is 6.54 Å². The molecule has 0 aliphatic rings. The van der Waals surface area contributed by atoms with E-state index < -0.39 is 5.97 Å². The Labute approximate surface area is 109 Å². The summed E-state index contributed by atoms with van der Waals surface area (Å²) in [6.07, 6.45) is 0.187. The summed E-state index contributed by atoms with van der Waals surface area (Å²) in [5.74, 6) is -0.743. The first-order valence-corrected chi connectivity index (χ1v) is 6.29. The van der Waals surface area contributed by atoms with E-state index in [2.05, 4.69) is 37.4 Å². The third-order valence-corrected chi connectivity index (χ3v) is 3.13. The van der Waals surface area contributed by atoms with Crippen molar-refractivity contribution >= 4 is 5.97 Å². The number of carbonyl (C=O) groups is 1. The van der Waals surface area contributed by atoms with Crippen molar-refractivity contribution in [3.05, 3.63) is 34.9 Å². The molecule has 0 unspecified atom stereocenters. The van der Waals surface area contributed by atoms with Crippen LogP contribution in [0.25, 0.3) is 0 Å². The van der Waals surface area contributed by atoms with Gasteiger partial charge < -0.3 is 10.4 Å². The monoisotopic (exact) mass is 249 g/mol. The van der Waals surface area contributed by atoms with Crippen LogP contribution in [0.1, 0.15) is 37.0 Å². The maximum atomic E-state index is 10.7. The van der Waals surface area contributed by atoms with Gasteiger partial charge in [0, 0.05) is 13.1 Å². The Kier molecular flexibility index (Phi) is 4.91. The molecule has 100 valence electrons. The molecule has 1 aromatic rings. The Bertz CT molecular complexity index is 425. The molecule has 0 atom stereocenters. The highest BCUT2D eigenvalue weighted by atomic mass is 16.4. The Hall–Kier alpha value is -1.35. The van der Waals surface area contributed by atoms with Crippen molar-refractivity contribution in [3.8, 4) is 0 Å². The first kappa shape index (κ1) is 14.7. The third-order valence-electron chi connectivity index (χ3n) is 3.13. The van der Waals surface area contributed by atoms with Crippen LogP contribution < -0.4 is 5.32 Å². The Balaban J connectivity index is 2.46. The number of hydrogen-bond acceptors (Lipinski definition) is 2. The second-order valence-corrected chi connectivity index (χ2v) is 5.76. The molecule has 3 heteroatoms. The fraction of sp³-hybridized carbons (Fsp3) is 0.533. The summed E-state index contributed by atoms with van der Waals surface area (Å²) in [7, 11) is 0. The maximum absolute atomic E-state index is 10.7. The number of hydrogen-bond donors (Lipinski definition) is 2. The third kappa shape index (κ3) is 4.88. The highest BCUT2D eigenvalue weighted by Crippen LogP contribution is 2.19. The summed E-state index contributed by atoms with van der Waals surface area (Å²) < 4.78 is 0. The predicted molar refractivity (Wildman–Crippen MR) is 73.7 cm³/mol. The zero-order valence-electron chi connectivity index (χ0n) is 11.7. The van der Waals surface area contributed by atoms with Crippen LogP contribution in [0.2, 0.25) is 0 Å². The van der Waals surface area contributed by atoms with Crippen LogP contribution in [-0.2, 0) is 11.3 Å². The molecule has 1 rings (SSSR count). The van der Waals surface area contributed by atoms with Crippen LogP contribution in [0, 0.1) is 19.3 Å². The van der Waals surface area contributed by atoms with Gasteiger partial charge in [-0.15, -0.1) is 0 Å². The fourth-order valence-electron chi connectivity index (χ4n) is 1.93. The van der Waals surface area contributed by atoms with Gasteiger partial charge in [0.25, 0.3) is 0 Å². The van der Waals surface area contributed by atoms with Gasteiger partial charge in [0.15, 0.2) is 0 Å². The lowest BCUT2D eigenvalue weighted by Gasteiger charge is -2.22. The van der Waals surface area contributed by atoms with Gasteiger partial charge in [0.1, 0.15) is 0 Å². The Morgan fingerprint density at radius 2 is 1.94 bits per heavy atom. The average Bonchev–Trinajstić information content (AvgIpc) is 2.21. The number of aliphatic carboxylic acids is 1. The summed E-state index contributed by atoms with van der Waals surface area (Å²) in [5.41, 5.74) is 3.61. The highest BCUT2D eigenvalue weighted by molar-refractivity contribution is 5.67. The van der Waals surface area contributed by atoms with Gasteiger partial charge in [-0.05, 0) is 36.0 Å². The maximum Gasteiger partial charge on any atom is 0.303 e. The second-order valence-electron chi connectivity index (χ2n) is 5.76. The van der Waals surface area contributed by atoms with E-state index in [4.69, 9.17) is 5.11 Å². The van der Waals surface area contributed by atoms with Gasteiger partial charge in [-0.3, -0.25) is 4.79 Å². The van der Waals surface area contributed by atoms with Crippen LogP contribution in [0.15, 0.2) is 18.2 Å². The molecule has 2 N–H and O–H groups in total. The molecule has 18 heavy (non-hydrogen) atoms. The van der Waals surface area contributed by atoms with Crippen molar-refractivity contribution in [2.24, 2.45) is 5.41 Å². The number of carboxylic acid groups (broad SMARTS) is 1. The highest BCUT2D eigenvalue weighted by Gasteiger charge is 2.20. The number of nitrogens with one attached hydrogen (secondary N) is 1. The first-order chi connectivity index (χ1) is 8.30. The number of rotatable bonds is 6. The van der Waals surface area contributed by atoms with Crippen LogP contribution in [0.5, 0.6) is 0 Å². The zero-order chi connectivity index (χ0) is 13.8. The quantitative estimate of drug-likeness (QED) is 0.815. The molecular weight excluding hydrogens is 226 g/mol. The summed E-state index contributed by atoms with van der Waals surface area (Å²) in [6, 6.07) is 6.40. The molecule has 0 saturated carbocycles. The molecule has 3 nitrogen and oxygen atoms in total. The fourth-order valence-corrected chi connectivity index (χ4v) is 1.93. The molecule has 1 aromatic carbocycles. The van der Waals surface area contributed by atoms with Crippen molar-refractivity contribution in [1.82, 2.24) is 5.32 Å². The molecular formula is C15H23NO2. The van der Waals surface area contributed by atoms with Crippen LogP contribution >= 0.6 is 0 Å². The normalized spacial score (nSPS) is 11.6. The Morgan fingerprint density at radius 1 is 1.28 bits per heavy atom. The number of carboxylic acids is 1. The van der Waals surface area contributed by atoms with Crippen molar-refractivity contribution in [2.75, 3.05) is 6.54 Å². The average molecular weight is 249 g/mol.